The average molecular weight is 398 g/mol. The molecular weight excluding hydrogens is 380 g/mol. The number of nitro benzene ring substituents is 1. The number of hydrogen-bond donors (Lipinski definition) is 1. The molecule has 0 saturated carbocycles. The Balaban J connectivity index is 1.62. The van der Waals surface area contributed by atoms with Gasteiger partial charge in [-0.1, -0.05) is 23.9 Å². The lowest BCUT2D eigenvalue weighted by atomic mass is 10.1. The molecule has 0 fully saturated rings. The highest BCUT2D eigenvalue weighted by atomic mass is 32.2. The maximum atomic E-state index is 12.2. The predicted molar refractivity (Wildman–Crippen MR) is 106 cm³/mol. The van der Waals surface area contributed by atoms with E-state index >= 15 is 0 Å². The summed E-state index contributed by atoms with van der Waals surface area (Å²) >= 11 is 1.10. The second-order valence-corrected chi connectivity index (χ2v) is 7.19. The minimum Gasteiger partial charge on any atom is -0.411 e. The molecule has 8 nitrogen and oxygen atoms in total. The predicted octanol–water partition coefficient (Wildman–Crippen LogP) is 4.30. The molecule has 1 amide bonds. The lowest BCUT2D eigenvalue weighted by Crippen LogP contribution is -2.15. The van der Waals surface area contributed by atoms with Crippen LogP contribution in [0.4, 0.5) is 11.4 Å². The summed E-state index contributed by atoms with van der Waals surface area (Å²) in [5.74, 6) is 0.108. The highest BCUT2D eigenvalue weighted by molar-refractivity contribution is 7.99. The van der Waals surface area contributed by atoms with Crippen LogP contribution in [0.15, 0.2) is 46.0 Å². The number of rotatable bonds is 6. The van der Waals surface area contributed by atoms with Crippen molar-refractivity contribution in [1.29, 1.82) is 0 Å². The summed E-state index contributed by atoms with van der Waals surface area (Å²) < 4.78 is 5.61. The largest absolute Gasteiger partial charge is 0.411 e. The van der Waals surface area contributed by atoms with Gasteiger partial charge in [0.1, 0.15) is 0 Å². The van der Waals surface area contributed by atoms with E-state index in [4.69, 9.17) is 4.42 Å². The molecule has 0 unspecified atom stereocenters. The van der Waals surface area contributed by atoms with Crippen LogP contribution in [0.3, 0.4) is 0 Å². The standard InChI is InChI=1S/C19H18N4O4S/c1-11-4-6-14(8-13(11)3)18-21-22-19(27-18)28-10-17(24)20-16-9-15(23(25)26)7-5-12(16)2/h4-9H,10H2,1-3H3,(H,20,24). The van der Waals surface area contributed by atoms with E-state index in [1.165, 1.54) is 17.7 Å². The number of aryl methyl sites for hydroxylation is 3. The van der Waals surface area contributed by atoms with Gasteiger partial charge in [0.25, 0.3) is 10.9 Å². The first-order chi connectivity index (χ1) is 13.3. The first-order valence-electron chi connectivity index (χ1n) is 8.42. The van der Waals surface area contributed by atoms with Crippen LogP contribution in [0, 0.1) is 30.9 Å². The molecule has 1 heterocycles. The zero-order chi connectivity index (χ0) is 20.3. The number of non-ortho nitro benzene ring substituents is 1. The molecule has 1 N–H and O–H groups in total. The van der Waals surface area contributed by atoms with Crippen molar-refractivity contribution in [2.24, 2.45) is 0 Å². The van der Waals surface area contributed by atoms with Gasteiger partial charge in [-0.15, -0.1) is 10.2 Å². The van der Waals surface area contributed by atoms with E-state index < -0.39 is 4.92 Å². The molecule has 0 saturated heterocycles. The van der Waals surface area contributed by atoms with Crippen molar-refractivity contribution in [3.8, 4) is 11.5 Å². The van der Waals surface area contributed by atoms with Crippen LogP contribution in [0.1, 0.15) is 16.7 Å². The number of nitrogens with zero attached hydrogens (tertiary/aromatic N) is 3. The third kappa shape index (κ3) is 4.55. The van der Waals surface area contributed by atoms with Gasteiger partial charge in [-0.05, 0) is 49.6 Å². The van der Waals surface area contributed by atoms with E-state index in [0.29, 0.717) is 11.6 Å². The minimum absolute atomic E-state index is 0.0384. The number of nitro groups is 1. The van der Waals surface area contributed by atoms with Gasteiger partial charge in [0, 0.05) is 17.7 Å². The summed E-state index contributed by atoms with van der Waals surface area (Å²) in [7, 11) is 0. The van der Waals surface area contributed by atoms with E-state index in [0.717, 1.165) is 28.5 Å². The van der Waals surface area contributed by atoms with Crippen molar-refractivity contribution in [1.82, 2.24) is 10.2 Å². The summed E-state index contributed by atoms with van der Waals surface area (Å²) in [6, 6.07) is 10.2. The van der Waals surface area contributed by atoms with Crippen molar-refractivity contribution in [2.45, 2.75) is 26.0 Å². The fourth-order valence-corrected chi connectivity index (χ4v) is 2.99. The van der Waals surface area contributed by atoms with Crippen LogP contribution in [0.2, 0.25) is 0 Å². The summed E-state index contributed by atoms with van der Waals surface area (Å²) in [5, 5.41) is 21.8. The van der Waals surface area contributed by atoms with E-state index in [9.17, 15) is 14.9 Å². The molecule has 0 bridgehead atoms. The SMILES string of the molecule is Cc1ccc(-c2nnc(SCC(=O)Nc3cc([N+](=O)[O-])ccc3C)o2)cc1C. The minimum atomic E-state index is -0.503. The van der Waals surface area contributed by atoms with E-state index in [1.54, 1.807) is 13.0 Å². The zero-order valence-electron chi connectivity index (χ0n) is 15.6. The third-order valence-corrected chi connectivity index (χ3v) is 5.01. The fourth-order valence-electron chi connectivity index (χ4n) is 2.43. The van der Waals surface area contributed by atoms with Crippen LogP contribution < -0.4 is 5.32 Å². The summed E-state index contributed by atoms with van der Waals surface area (Å²) in [4.78, 5) is 22.6. The summed E-state index contributed by atoms with van der Waals surface area (Å²) in [5.41, 5.74) is 4.17. The number of nitrogens with one attached hydrogen (secondary N) is 1. The average Bonchev–Trinajstić information content (AvgIpc) is 3.13. The number of amides is 1. The van der Waals surface area contributed by atoms with E-state index in [2.05, 4.69) is 15.5 Å². The van der Waals surface area contributed by atoms with Gasteiger partial charge in [0.05, 0.1) is 16.4 Å². The maximum Gasteiger partial charge on any atom is 0.277 e. The molecule has 0 aliphatic heterocycles. The van der Waals surface area contributed by atoms with E-state index in [-0.39, 0.29) is 22.6 Å². The van der Waals surface area contributed by atoms with E-state index in [1.807, 2.05) is 32.0 Å². The Hall–Kier alpha value is -3.20. The van der Waals surface area contributed by atoms with Crippen molar-refractivity contribution in [3.63, 3.8) is 0 Å². The Labute approximate surface area is 165 Å². The quantitative estimate of drug-likeness (QED) is 0.374. The number of benzene rings is 2. The van der Waals surface area contributed by atoms with Crippen molar-refractivity contribution >= 4 is 29.0 Å². The molecule has 9 heteroatoms. The molecule has 2 aromatic carbocycles. The summed E-state index contributed by atoms with van der Waals surface area (Å²) in [6.45, 7) is 5.79. The first kappa shape index (κ1) is 19.6. The normalized spacial score (nSPS) is 10.7. The lowest BCUT2D eigenvalue weighted by molar-refractivity contribution is -0.384. The van der Waals surface area contributed by atoms with Crippen LogP contribution in [0.25, 0.3) is 11.5 Å². The van der Waals surface area contributed by atoms with Crippen LogP contribution in [0.5, 0.6) is 0 Å². The smallest absolute Gasteiger partial charge is 0.277 e. The molecule has 0 aliphatic rings. The Bertz CT molecular complexity index is 1050. The number of anilines is 1. The van der Waals surface area contributed by atoms with Crippen molar-refractivity contribution in [2.75, 3.05) is 11.1 Å². The third-order valence-electron chi connectivity index (χ3n) is 4.19. The van der Waals surface area contributed by atoms with Gasteiger partial charge < -0.3 is 9.73 Å². The molecule has 0 aliphatic carbocycles. The summed E-state index contributed by atoms with van der Waals surface area (Å²) in [6.07, 6.45) is 0. The topological polar surface area (TPSA) is 111 Å². The Morgan fingerprint density at radius 1 is 1.11 bits per heavy atom. The number of thioether (sulfide) groups is 1. The molecule has 0 atom stereocenters. The Morgan fingerprint density at radius 3 is 2.57 bits per heavy atom. The number of aromatic nitrogens is 2. The van der Waals surface area contributed by atoms with Gasteiger partial charge in [-0.25, -0.2) is 0 Å². The zero-order valence-corrected chi connectivity index (χ0v) is 16.4. The number of carbonyl (C=O) groups is 1. The molecular formula is C19H18N4O4S. The van der Waals surface area contributed by atoms with Gasteiger partial charge >= 0.3 is 0 Å². The number of hydrogen-bond acceptors (Lipinski definition) is 7. The highest BCUT2D eigenvalue weighted by Crippen LogP contribution is 2.26. The first-order valence-corrected chi connectivity index (χ1v) is 9.41. The molecule has 1 aromatic heterocycles. The molecule has 144 valence electrons. The van der Waals surface area contributed by atoms with Gasteiger partial charge in [-0.3, -0.25) is 14.9 Å². The van der Waals surface area contributed by atoms with Gasteiger partial charge in [0.2, 0.25) is 11.8 Å². The van der Waals surface area contributed by atoms with Gasteiger partial charge in [0.15, 0.2) is 0 Å². The monoisotopic (exact) mass is 398 g/mol. The van der Waals surface area contributed by atoms with Crippen molar-refractivity contribution in [3.05, 3.63) is 63.2 Å². The molecule has 0 spiro atoms. The second-order valence-electron chi connectivity index (χ2n) is 6.27. The fraction of sp³-hybridized carbons (Fsp3) is 0.211. The van der Waals surface area contributed by atoms with Crippen molar-refractivity contribution < 1.29 is 14.1 Å². The molecule has 3 aromatic rings. The van der Waals surface area contributed by atoms with Crippen LogP contribution in [-0.2, 0) is 4.79 Å². The molecule has 3 rings (SSSR count). The number of carbonyl (C=O) groups excluding carboxylic acids is 1. The van der Waals surface area contributed by atoms with Crippen LogP contribution >= 0.6 is 11.8 Å². The lowest BCUT2D eigenvalue weighted by Gasteiger charge is -2.07. The molecule has 0 radical (unpaired) electrons. The maximum absolute atomic E-state index is 12.2. The second kappa shape index (κ2) is 8.22. The Kier molecular flexibility index (Phi) is 5.74. The molecule has 28 heavy (non-hydrogen) atoms. The van der Waals surface area contributed by atoms with Crippen LogP contribution in [-0.4, -0.2) is 26.8 Å². The highest BCUT2D eigenvalue weighted by Gasteiger charge is 2.14. The van der Waals surface area contributed by atoms with Gasteiger partial charge in [-0.2, -0.15) is 0 Å². The Morgan fingerprint density at radius 2 is 1.86 bits per heavy atom.